The van der Waals surface area contributed by atoms with E-state index in [1.54, 1.807) is 31.5 Å². The summed E-state index contributed by atoms with van der Waals surface area (Å²) < 4.78 is 5.65. The topological polar surface area (TPSA) is 108 Å². The fraction of sp³-hybridized carbons (Fsp3) is 0.450. The Hall–Kier alpha value is -2.34. The van der Waals surface area contributed by atoms with E-state index in [0.717, 1.165) is 18.8 Å². The lowest BCUT2D eigenvalue weighted by Crippen LogP contribution is -2.43. The van der Waals surface area contributed by atoms with Crippen LogP contribution in [0.25, 0.3) is 0 Å². The van der Waals surface area contributed by atoms with Gasteiger partial charge in [0.1, 0.15) is 11.4 Å². The molecule has 0 spiro atoms. The first-order chi connectivity index (χ1) is 14.2. The Morgan fingerprint density at radius 2 is 1.97 bits per heavy atom. The van der Waals surface area contributed by atoms with E-state index in [2.05, 4.69) is 25.8 Å². The minimum Gasteiger partial charge on any atom is -0.468 e. The number of halogens is 1. The van der Waals surface area contributed by atoms with Crippen molar-refractivity contribution >= 4 is 41.3 Å². The monoisotopic (exact) mass is 528 g/mol. The van der Waals surface area contributed by atoms with Crippen LogP contribution in [0.2, 0.25) is 0 Å². The maximum Gasteiger partial charge on any atom is 0.292 e. The van der Waals surface area contributed by atoms with Gasteiger partial charge in [-0.3, -0.25) is 20.0 Å². The van der Waals surface area contributed by atoms with Gasteiger partial charge in [0.05, 0.1) is 17.2 Å². The number of likely N-dealkylation sites (tertiary alicyclic amines) is 1. The van der Waals surface area contributed by atoms with Crippen molar-refractivity contribution in [3.05, 3.63) is 58.5 Å². The molecule has 0 radical (unpaired) electrons. The molecule has 30 heavy (non-hydrogen) atoms. The van der Waals surface area contributed by atoms with E-state index >= 15 is 0 Å². The first-order valence-electron chi connectivity index (χ1n) is 9.88. The molecule has 1 aromatic heterocycles. The molecule has 3 N–H and O–H groups in total. The number of aliphatic imine (C=N–C) groups is 1. The van der Waals surface area contributed by atoms with Crippen molar-refractivity contribution in [3.8, 4) is 0 Å². The summed E-state index contributed by atoms with van der Waals surface area (Å²) in [5.41, 5.74) is 0.580. The zero-order valence-corrected chi connectivity index (χ0v) is 19.4. The van der Waals surface area contributed by atoms with E-state index in [1.165, 1.54) is 18.9 Å². The summed E-state index contributed by atoms with van der Waals surface area (Å²) in [5, 5.41) is 20.8. The molecule has 1 fully saturated rings. The van der Waals surface area contributed by atoms with Crippen LogP contribution in [0.1, 0.15) is 24.6 Å². The Labute approximate surface area is 193 Å². The number of anilines is 1. The summed E-state index contributed by atoms with van der Waals surface area (Å²) in [7, 11) is 1.72. The zero-order valence-electron chi connectivity index (χ0n) is 17.0. The highest BCUT2D eigenvalue weighted by Gasteiger charge is 2.25. The molecule has 1 aromatic carbocycles. The largest absolute Gasteiger partial charge is 0.468 e. The van der Waals surface area contributed by atoms with Gasteiger partial charge < -0.3 is 20.4 Å². The fourth-order valence-corrected chi connectivity index (χ4v) is 3.52. The molecular formula is C20H29IN6O3. The van der Waals surface area contributed by atoms with Crippen LogP contribution in [0.4, 0.5) is 11.4 Å². The molecule has 0 bridgehead atoms. The number of guanidine groups is 1. The van der Waals surface area contributed by atoms with Crippen molar-refractivity contribution in [2.24, 2.45) is 4.99 Å². The number of hydrogen-bond donors (Lipinski definition) is 3. The lowest BCUT2D eigenvalue weighted by Gasteiger charge is -2.26. The van der Waals surface area contributed by atoms with Crippen molar-refractivity contribution in [2.45, 2.75) is 18.9 Å². The van der Waals surface area contributed by atoms with Crippen LogP contribution in [0.3, 0.4) is 0 Å². The van der Waals surface area contributed by atoms with Crippen molar-refractivity contribution in [1.82, 2.24) is 15.5 Å². The predicted octanol–water partition coefficient (Wildman–Crippen LogP) is 3.22. The van der Waals surface area contributed by atoms with Gasteiger partial charge in [0.2, 0.25) is 0 Å². The van der Waals surface area contributed by atoms with Crippen molar-refractivity contribution in [1.29, 1.82) is 0 Å². The Morgan fingerprint density at radius 1 is 1.20 bits per heavy atom. The summed E-state index contributed by atoms with van der Waals surface area (Å²) in [6.07, 6.45) is 4.13. The Balaban J connectivity index is 0.00000320. The minimum absolute atomic E-state index is 0. The average molecular weight is 528 g/mol. The number of nitrogens with one attached hydrogen (secondary N) is 3. The lowest BCUT2D eigenvalue weighted by atomic mass is 10.2. The Morgan fingerprint density at radius 3 is 2.63 bits per heavy atom. The summed E-state index contributed by atoms with van der Waals surface area (Å²) in [4.78, 5) is 17.4. The van der Waals surface area contributed by atoms with Gasteiger partial charge >= 0.3 is 0 Å². The first-order valence-corrected chi connectivity index (χ1v) is 9.88. The molecule has 0 saturated carbocycles. The van der Waals surface area contributed by atoms with Crippen molar-refractivity contribution in [3.63, 3.8) is 0 Å². The lowest BCUT2D eigenvalue weighted by molar-refractivity contribution is -0.384. The highest BCUT2D eigenvalue weighted by Crippen LogP contribution is 2.25. The molecule has 10 heteroatoms. The summed E-state index contributed by atoms with van der Waals surface area (Å²) in [6, 6.07) is 10.7. The van der Waals surface area contributed by atoms with Crippen molar-refractivity contribution in [2.75, 3.05) is 45.1 Å². The van der Waals surface area contributed by atoms with Gasteiger partial charge in [0.15, 0.2) is 5.96 Å². The minimum atomic E-state index is -0.386. The molecular weight excluding hydrogens is 499 g/mol. The molecule has 1 unspecified atom stereocenters. The molecule has 0 aliphatic carbocycles. The number of furan rings is 1. The quantitative estimate of drug-likeness (QED) is 0.115. The predicted molar refractivity (Wildman–Crippen MR) is 129 cm³/mol. The van der Waals surface area contributed by atoms with Gasteiger partial charge in [-0.25, -0.2) is 0 Å². The van der Waals surface area contributed by atoms with Gasteiger partial charge in [-0.05, 0) is 44.1 Å². The third-order valence-electron chi connectivity index (χ3n) is 4.97. The van der Waals surface area contributed by atoms with Crippen LogP contribution in [-0.4, -0.2) is 55.6 Å². The summed E-state index contributed by atoms with van der Waals surface area (Å²) in [6.45, 7) is 3.92. The van der Waals surface area contributed by atoms with E-state index in [0.29, 0.717) is 31.3 Å². The van der Waals surface area contributed by atoms with Crippen LogP contribution >= 0.6 is 24.0 Å². The van der Waals surface area contributed by atoms with E-state index in [4.69, 9.17) is 4.42 Å². The van der Waals surface area contributed by atoms with Gasteiger partial charge in [0, 0.05) is 32.7 Å². The summed E-state index contributed by atoms with van der Waals surface area (Å²) >= 11 is 0. The normalized spacial score (nSPS) is 15.3. The number of para-hydroxylation sites is 2. The van der Waals surface area contributed by atoms with E-state index in [1.807, 2.05) is 12.1 Å². The van der Waals surface area contributed by atoms with Crippen LogP contribution < -0.4 is 16.0 Å². The van der Waals surface area contributed by atoms with E-state index in [9.17, 15) is 10.1 Å². The Bertz CT molecular complexity index is 809. The Kier molecular flexibility index (Phi) is 9.87. The molecule has 1 saturated heterocycles. The second-order valence-electron chi connectivity index (χ2n) is 6.86. The number of hydrogen-bond acceptors (Lipinski definition) is 6. The molecule has 3 rings (SSSR count). The van der Waals surface area contributed by atoms with Crippen LogP contribution in [-0.2, 0) is 0 Å². The average Bonchev–Trinajstić information content (AvgIpc) is 3.44. The fourth-order valence-electron chi connectivity index (χ4n) is 3.52. The van der Waals surface area contributed by atoms with Crippen LogP contribution in [0.15, 0.2) is 52.1 Å². The van der Waals surface area contributed by atoms with Crippen LogP contribution in [0.5, 0.6) is 0 Å². The number of benzene rings is 1. The van der Waals surface area contributed by atoms with Gasteiger partial charge in [-0.2, -0.15) is 0 Å². The highest BCUT2D eigenvalue weighted by molar-refractivity contribution is 14.0. The number of nitrogens with zero attached hydrogens (tertiary/aromatic N) is 3. The third kappa shape index (κ3) is 6.59. The van der Waals surface area contributed by atoms with E-state index in [-0.39, 0.29) is 40.6 Å². The first kappa shape index (κ1) is 23.9. The smallest absolute Gasteiger partial charge is 0.292 e. The number of nitro groups is 1. The molecule has 164 valence electrons. The number of rotatable bonds is 9. The van der Waals surface area contributed by atoms with Gasteiger partial charge in [-0.15, -0.1) is 24.0 Å². The van der Waals surface area contributed by atoms with E-state index < -0.39 is 0 Å². The standard InChI is InChI=1S/C20H28N6O3.HI/c1-21-20(23-11-10-22-16-7-2-3-8-17(16)26(27)28)24-15-18(19-9-6-14-29-19)25-12-4-5-13-25;/h2-3,6-9,14,18,22H,4-5,10-13,15H2,1H3,(H2,21,23,24);1H. The highest BCUT2D eigenvalue weighted by atomic mass is 127. The maximum absolute atomic E-state index is 11.1. The summed E-state index contributed by atoms with van der Waals surface area (Å²) in [5.74, 6) is 1.64. The molecule has 1 atom stereocenters. The molecule has 2 heterocycles. The number of nitro benzene ring substituents is 1. The molecule has 2 aromatic rings. The van der Waals surface area contributed by atoms with Crippen molar-refractivity contribution < 1.29 is 9.34 Å². The maximum atomic E-state index is 11.1. The molecule has 1 aliphatic heterocycles. The van der Waals surface area contributed by atoms with Gasteiger partial charge in [0.25, 0.3) is 5.69 Å². The third-order valence-corrected chi connectivity index (χ3v) is 4.97. The van der Waals surface area contributed by atoms with Gasteiger partial charge in [-0.1, -0.05) is 12.1 Å². The zero-order chi connectivity index (χ0) is 20.5. The molecule has 0 amide bonds. The second-order valence-corrected chi connectivity index (χ2v) is 6.86. The second kappa shape index (κ2) is 12.4. The molecule has 1 aliphatic rings. The molecule has 9 nitrogen and oxygen atoms in total. The SMILES string of the molecule is CN=C(NCCNc1ccccc1[N+](=O)[O-])NCC(c1ccco1)N1CCCC1.I. The van der Waals surface area contributed by atoms with Crippen LogP contribution in [0, 0.1) is 10.1 Å².